The molecule has 146 valence electrons. The van der Waals surface area contributed by atoms with Crippen LogP contribution in [0.5, 0.6) is 11.5 Å². The summed E-state index contributed by atoms with van der Waals surface area (Å²) in [6, 6.07) is 5.27. The third-order valence-electron chi connectivity index (χ3n) is 3.97. The average molecular weight is 446 g/mol. The summed E-state index contributed by atoms with van der Waals surface area (Å²) in [5.74, 6) is -0.377. The van der Waals surface area contributed by atoms with Crippen molar-refractivity contribution in [2.45, 2.75) is 13.7 Å². The maximum absolute atomic E-state index is 9.53. The van der Waals surface area contributed by atoms with Gasteiger partial charge in [-0.25, -0.2) is 9.83 Å². The minimum Gasteiger partial charge on any atom is -0.626 e. The summed E-state index contributed by atoms with van der Waals surface area (Å²) >= 11 is -2.83. The van der Waals surface area contributed by atoms with E-state index < -0.39 is 56.9 Å². The molecule has 0 fully saturated rings. The zero-order valence-corrected chi connectivity index (χ0v) is 17.8. The van der Waals surface area contributed by atoms with Crippen LogP contribution in [-0.2, 0) is 2.84 Å². The number of para-hydroxylation sites is 2. The molecule has 31 heavy (non-hydrogen) atoms. The largest absolute Gasteiger partial charge is 0.743 e. The number of fused-ring (bicyclic) bond motifs is 2. The molecule has 0 aliphatic heterocycles. The predicted octanol–water partition coefficient (Wildman–Crippen LogP) is 4.37. The summed E-state index contributed by atoms with van der Waals surface area (Å²) in [6.07, 6.45) is 0. The van der Waals surface area contributed by atoms with E-state index in [9.17, 15) is 5.26 Å². The fourth-order valence-corrected chi connectivity index (χ4v) is 3.89. The van der Waals surface area contributed by atoms with Crippen LogP contribution in [-0.4, -0.2) is 41.7 Å². The van der Waals surface area contributed by atoms with Crippen LogP contribution >= 0.6 is 0 Å². The molecule has 0 aliphatic rings. The van der Waals surface area contributed by atoms with Gasteiger partial charge in [-0.2, -0.15) is 5.26 Å². The summed E-state index contributed by atoms with van der Waals surface area (Å²) in [6.45, 7) is 2.09. The topological polar surface area (TPSA) is 81.6 Å². The van der Waals surface area contributed by atoms with Gasteiger partial charge in [0.05, 0.1) is 29.2 Å². The smallest absolute Gasteiger partial charge is 0.626 e. The molecule has 0 aliphatic carbocycles. The second-order valence-corrected chi connectivity index (χ2v) is 7.79. The highest BCUT2D eigenvalue weighted by atomic mass is 27.3. The van der Waals surface area contributed by atoms with E-state index >= 15 is 0 Å². The molecule has 4 rings (SSSR count). The van der Waals surface area contributed by atoms with Crippen molar-refractivity contribution in [1.82, 2.24) is 9.97 Å². The van der Waals surface area contributed by atoms with E-state index in [-0.39, 0.29) is 68.7 Å². The molecule has 4 aromatic rings. The first-order chi connectivity index (χ1) is 19.2. The SMILES string of the molecule is [2H]c1cc([2H])c2c(C#N)cc(C([2H])([2H])[2H])nc2c1[O][Al][O][Al][O]c1c([2H])cc([2H])c2c([N+]#[C-])cc(C([2H])([2H])[2H])nc12. The highest BCUT2D eigenvalue weighted by molar-refractivity contribution is 6.35. The maximum Gasteiger partial charge on any atom is 0.743 e. The molecule has 0 bridgehead atoms. The zero-order valence-electron chi connectivity index (χ0n) is 25.5. The van der Waals surface area contributed by atoms with Crippen molar-refractivity contribution >= 4 is 59.3 Å². The molecule has 2 heterocycles. The number of hydrogen-bond donors (Lipinski definition) is 0. The molecule has 2 aromatic carbocycles. The molecule has 7 nitrogen and oxygen atoms in total. The molecular formula is C22H14Al2N4O3. The van der Waals surface area contributed by atoms with Gasteiger partial charge in [0, 0.05) is 30.4 Å². The molecule has 9 heteroatoms. The Labute approximate surface area is 206 Å². The second kappa shape index (κ2) is 9.34. The first-order valence-corrected chi connectivity index (χ1v) is 10.4. The van der Waals surface area contributed by atoms with Crippen molar-refractivity contribution in [2.24, 2.45) is 0 Å². The van der Waals surface area contributed by atoms with Gasteiger partial charge in [-0.05, 0) is 37.9 Å². The minimum atomic E-state index is -2.66. The van der Waals surface area contributed by atoms with E-state index in [2.05, 4.69) is 14.8 Å². The first-order valence-electron chi connectivity index (χ1n) is 13.5. The minimum absolute atomic E-state index is 0.0158. The van der Waals surface area contributed by atoms with E-state index in [4.69, 9.17) is 30.7 Å². The van der Waals surface area contributed by atoms with Crippen molar-refractivity contribution in [2.75, 3.05) is 0 Å². The fourth-order valence-electron chi connectivity index (χ4n) is 2.71. The van der Waals surface area contributed by atoms with Crippen molar-refractivity contribution in [3.8, 4) is 17.6 Å². The van der Waals surface area contributed by atoms with Gasteiger partial charge in [0.1, 0.15) is 17.0 Å². The van der Waals surface area contributed by atoms with E-state index in [0.717, 1.165) is 24.3 Å². The Morgan fingerprint density at radius 2 is 1.61 bits per heavy atom. The molecule has 0 atom stereocenters. The summed E-state index contributed by atoms with van der Waals surface area (Å²) in [5, 5.41) is 9.57. The third-order valence-corrected chi connectivity index (χ3v) is 5.52. The van der Waals surface area contributed by atoms with Crippen molar-refractivity contribution in [3.63, 3.8) is 0 Å². The third kappa shape index (κ3) is 4.48. The van der Waals surface area contributed by atoms with E-state index in [1.165, 1.54) is 0 Å². The lowest BCUT2D eigenvalue weighted by Crippen LogP contribution is -2.16. The van der Waals surface area contributed by atoms with Gasteiger partial charge in [-0.15, -0.1) is 0 Å². The van der Waals surface area contributed by atoms with Crippen LogP contribution in [0.1, 0.15) is 30.7 Å². The predicted molar refractivity (Wildman–Crippen MR) is 118 cm³/mol. The van der Waals surface area contributed by atoms with Gasteiger partial charge in [0.2, 0.25) is 0 Å². The molecule has 2 aromatic heterocycles. The summed E-state index contributed by atoms with van der Waals surface area (Å²) in [4.78, 5) is 11.4. The Morgan fingerprint density at radius 3 is 2.23 bits per heavy atom. The molecule has 0 amide bonds. The number of aryl methyl sites for hydroxylation is 2. The molecule has 0 N–H and O–H groups in total. The number of nitriles is 1. The van der Waals surface area contributed by atoms with Crippen LogP contribution < -0.4 is 7.58 Å². The molecule has 0 saturated carbocycles. The summed E-state index contributed by atoms with van der Waals surface area (Å²) in [5.41, 5.74) is -1.35. The first kappa shape index (κ1) is 12.0. The van der Waals surface area contributed by atoms with Crippen molar-refractivity contribution in [3.05, 3.63) is 76.8 Å². The highest BCUT2D eigenvalue weighted by Crippen LogP contribution is 2.31. The number of aromatic nitrogens is 2. The van der Waals surface area contributed by atoms with Crippen LogP contribution in [0.4, 0.5) is 5.69 Å². The average Bonchev–Trinajstić information content (AvgIpc) is 2.88. The lowest BCUT2D eigenvalue weighted by molar-refractivity contribution is 0.420. The van der Waals surface area contributed by atoms with E-state index in [1.54, 1.807) is 0 Å². The number of nitrogens with zero attached hydrogens (tertiary/aromatic N) is 4. The summed E-state index contributed by atoms with van der Waals surface area (Å²) < 4.78 is 95.4. The van der Waals surface area contributed by atoms with Gasteiger partial charge in [0.25, 0.3) is 0 Å². The van der Waals surface area contributed by atoms with E-state index in [0.29, 0.717) is 0 Å². The second-order valence-electron chi connectivity index (χ2n) is 5.84. The van der Waals surface area contributed by atoms with Crippen LogP contribution in [0, 0.1) is 31.6 Å². The number of rotatable bonds is 6. The Balaban J connectivity index is 1.62. The van der Waals surface area contributed by atoms with Crippen LogP contribution in [0.3, 0.4) is 0 Å². The fraction of sp³-hybridized carbons (Fsp3) is 0.0909. The van der Waals surface area contributed by atoms with Gasteiger partial charge >= 0.3 is 31.8 Å². The number of benzene rings is 2. The quantitative estimate of drug-likeness (QED) is 0.249. The Hall–Kier alpha value is -3.14. The molecule has 0 unspecified atom stereocenters. The maximum atomic E-state index is 9.53. The Bertz CT molecular complexity index is 1660. The van der Waals surface area contributed by atoms with Gasteiger partial charge in [-0.1, -0.05) is 24.2 Å². The highest BCUT2D eigenvalue weighted by Gasteiger charge is 2.14. The van der Waals surface area contributed by atoms with Crippen molar-refractivity contribution < 1.29 is 24.1 Å². The van der Waals surface area contributed by atoms with Gasteiger partial charge in [0.15, 0.2) is 5.69 Å². The van der Waals surface area contributed by atoms with Crippen molar-refractivity contribution in [1.29, 1.82) is 5.26 Å². The molecule has 2 radical (unpaired) electrons. The van der Waals surface area contributed by atoms with Gasteiger partial charge < -0.3 is 10.4 Å². The van der Waals surface area contributed by atoms with Gasteiger partial charge in [-0.3, -0.25) is 4.98 Å². The molecule has 0 saturated heterocycles. The Kier molecular flexibility index (Phi) is 3.63. The summed E-state index contributed by atoms with van der Waals surface area (Å²) in [7, 11) is 0. The lowest BCUT2D eigenvalue weighted by Gasteiger charge is -2.12. The number of hydrogen-bond acceptors (Lipinski definition) is 6. The zero-order chi connectivity index (χ0) is 30.3. The lowest BCUT2D eigenvalue weighted by atomic mass is 10.1. The van der Waals surface area contributed by atoms with E-state index in [1.807, 2.05) is 6.07 Å². The van der Waals surface area contributed by atoms with Crippen LogP contribution in [0.25, 0.3) is 26.7 Å². The standard InChI is InChI=1S/2C11H8N2O.2Al.O/c1-7-6-9(12-2)8-4-3-5-10(14)11(8)13-7;1-7-5-8(6-12)9-3-2-4-10(14)11(9)13-7;;;/h3-6,14H,1H3;2-5,14H,1H3;;;/q;;2*+1;/p-2/i1D3,4D,5D;1D3,3D,4D;;;. The molecular weight excluding hydrogens is 422 g/mol. The Morgan fingerprint density at radius 1 is 1.00 bits per heavy atom. The monoisotopic (exact) mass is 446 g/mol. The van der Waals surface area contributed by atoms with Crippen LogP contribution in [0.15, 0.2) is 48.4 Å². The van der Waals surface area contributed by atoms with Crippen LogP contribution in [0.2, 0.25) is 0 Å². The molecule has 0 spiro atoms. The number of pyridine rings is 2. The normalized spacial score (nSPS) is 15.8.